The molecule has 0 bridgehead atoms. The Morgan fingerprint density at radius 1 is 1.44 bits per heavy atom. The summed E-state index contributed by atoms with van der Waals surface area (Å²) >= 11 is 1.38. The minimum atomic E-state index is -0.0500. The molecule has 0 aliphatic heterocycles. The van der Waals surface area contributed by atoms with Crippen LogP contribution < -0.4 is 5.73 Å². The van der Waals surface area contributed by atoms with Crippen molar-refractivity contribution in [2.45, 2.75) is 31.7 Å². The second-order valence-corrected chi connectivity index (χ2v) is 5.27. The maximum absolute atomic E-state index is 5.79. The number of pyridine rings is 1. The molecule has 2 heterocycles. The van der Waals surface area contributed by atoms with Gasteiger partial charge in [0.1, 0.15) is 5.01 Å². The van der Waals surface area contributed by atoms with Crippen molar-refractivity contribution in [2.24, 2.45) is 5.73 Å². The molecule has 96 valence electrons. The molecule has 0 aromatic carbocycles. The van der Waals surface area contributed by atoms with E-state index in [0.717, 1.165) is 16.4 Å². The Morgan fingerprint density at radius 3 is 2.83 bits per heavy atom. The van der Waals surface area contributed by atoms with Gasteiger partial charge in [0.15, 0.2) is 5.82 Å². The van der Waals surface area contributed by atoms with Gasteiger partial charge in [-0.2, -0.15) is 4.37 Å². The van der Waals surface area contributed by atoms with Gasteiger partial charge in [0.25, 0.3) is 0 Å². The molecule has 1 fully saturated rings. The van der Waals surface area contributed by atoms with E-state index in [2.05, 4.69) is 20.4 Å². The van der Waals surface area contributed by atoms with Crippen LogP contribution in [0.25, 0.3) is 11.4 Å². The van der Waals surface area contributed by atoms with Crippen molar-refractivity contribution in [1.29, 1.82) is 0 Å². The fourth-order valence-corrected chi connectivity index (χ4v) is 2.35. The zero-order valence-corrected chi connectivity index (χ0v) is 11.7. The Labute approximate surface area is 116 Å². The van der Waals surface area contributed by atoms with Crippen LogP contribution in [-0.4, -0.2) is 14.3 Å². The first-order chi connectivity index (χ1) is 8.24. The van der Waals surface area contributed by atoms with Crippen molar-refractivity contribution in [3.8, 4) is 11.4 Å². The molecule has 1 unspecified atom stereocenters. The molecule has 2 aromatic rings. The first-order valence-electron chi connectivity index (χ1n) is 5.79. The summed E-state index contributed by atoms with van der Waals surface area (Å²) in [5.74, 6) is 1.42. The average molecular weight is 283 g/mol. The number of nitrogens with two attached hydrogens (primary N) is 1. The molecule has 0 amide bonds. The third kappa shape index (κ3) is 2.68. The van der Waals surface area contributed by atoms with E-state index in [1.165, 1.54) is 30.1 Å². The topological polar surface area (TPSA) is 64.7 Å². The average Bonchev–Trinajstić information content (AvgIpc) is 3.06. The number of aromatic nitrogens is 3. The van der Waals surface area contributed by atoms with Gasteiger partial charge in [0.05, 0.1) is 6.04 Å². The van der Waals surface area contributed by atoms with Crippen molar-refractivity contribution in [1.82, 2.24) is 14.3 Å². The van der Waals surface area contributed by atoms with Crippen LogP contribution in [0.2, 0.25) is 0 Å². The smallest absolute Gasteiger partial charge is 0.173 e. The standard InChI is InChI=1S/C12H14N4S.ClH/c1-7(13)12-15-11(16-17-12)9-4-5-14-10(6-9)8-2-3-8;/h4-8H,2-3,13H2,1H3;1H. The van der Waals surface area contributed by atoms with Gasteiger partial charge in [-0.15, -0.1) is 12.4 Å². The van der Waals surface area contributed by atoms with Crippen LogP contribution in [0.3, 0.4) is 0 Å². The number of halogens is 1. The lowest BCUT2D eigenvalue weighted by atomic mass is 10.2. The summed E-state index contributed by atoms with van der Waals surface area (Å²) < 4.78 is 4.35. The molecule has 0 spiro atoms. The summed E-state index contributed by atoms with van der Waals surface area (Å²) in [5.41, 5.74) is 8.00. The van der Waals surface area contributed by atoms with Crippen LogP contribution in [0.1, 0.15) is 42.4 Å². The summed E-state index contributed by atoms with van der Waals surface area (Å²) in [5, 5.41) is 0.879. The number of rotatable bonds is 3. The monoisotopic (exact) mass is 282 g/mol. The molecule has 1 aliphatic rings. The van der Waals surface area contributed by atoms with E-state index >= 15 is 0 Å². The molecule has 1 aliphatic carbocycles. The Kier molecular flexibility index (Phi) is 3.94. The van der Waals surface area contributed by atoms with E-state index in [1.807, 2.05) is 19.2 Å². The predicted molar refractivity (Wildman–Crippen MR) is 75.0 cm³/mol. The van der Waals surface area contributed by atoms with Crippen LogP contribution in [0.15, 0.2) is 18.3 Å². The lowest BCUT2D eigenvalue weighted by Crippen LogP contribution is -2.03. The third-order valence-corrected chi connectivity index (χ3v) is 3.78. The Bertz CT molecular complexity index is 536. The van der Waals surface area contributed by atoms with Crippen molar-refractivity contribution in [2.75, 3.05) is 0 Å². The molecule has 3 rings (SSSR count). The van der Waals surface area contributed by atoms with E-state index in [0.29, 0.717) is 5.92 Å². The molecule has 4 nitrogen and oxygen atoms in total. The van der Waals surface area contributed by atoms with Crippen molar-refractivity contribution >= 4 is 23.9 Å². The molecule has 2 aromatic heterocycles. The zero-order chi connectivity index (χ0) is 11.8. The first kappa shape index (κ1) is 13.4. The summed E-state index contributed by atoms with van der Waals surface area (Å²) in [6.45, 7) is 1.92. The van der Waals surface area contributed by atoms with Gasteiger partial charge in [0.2, 0.25) is 0 Å². The summed E-state index contributed by atoms with van der Waals surface area (Å²) in [6.07, 6.45) is 4.35. The van der Waals surface area contributed by atoms with Crippen LogP contribution in [0.4, 0.5) is 0 Å². The van der Waals surface area contributed by atoms with Gasteiger partial charge in [-0.3, -0.25) is 4.98 Å². The molecule has 1 atom stereocenters. The maximum atomic E-state index is 5.79. The quantitative estimate of drug-likeness (QED) is 0.940. The molecule has 1 saturated carbocycles. The van der Waals surface area contributed by atoms with Crippen LogP contribution in [0.5, 0.6) is 0 Å². The Morgan fingerprint density at radius 2 is 2.22 bits per heavy atom. The SMILES string of the molecule is CC(N)c1nc(-c2ccnc(C3CC3)c2)ns1.Cl. The highest BCUT2D eigenvalue weighted by molar-refractivity contribution is 7.05. The summed E-state index contributed by atoms with van der Waals surface area (Å²) in [6, 6.07) is 4.01. The number of nitrogens with zero attached hydrogens (tertiary/aromatic N) is 3. The van der Waals surface area contributed by atoms with Gasteiger partial charge >= 0.3 is 0 Å². The number of hydrogen-bond donors (Lipinski definition) is 1. The minimum Gasteiger partial charge on any atom is -0.322 e. The lowest BCUT2D eigenvalue weighted by Gasteiger charge is -2.00. The molecular weight excluding hydrogens is 268 g/mol. The Hall–Kier alpha value is -1.04. The fraction of sp³-hybridized carbons (Fsp3) is 0.417. The highest BCUT2D eigenvalue weighted by atomic mass is 35.5. The van der Waals surface area contributed by atoms with Gasteiger partial charge in [0, 0.05) is 23.4 Å². The highest BCUT2D eigenvalue weighted by Crippen LogP contribution is 2.39. The highest BCUT2D eigenvalue weighted by Gasteiger charge is 2.25. The van der Waals surface area contributed by atoms with Gasteiger partial charge in [-0.25, -0.2) is 4.98 Å². The fourth-order valence-electron chi connectivity index (χ4n) is 1.73. The summed E-state index contributed by atoms with van der Waals surface area (Å²) in [7, 11) is 0. The van der Waals surface area contributed by atoms with Crippen molar-refractivity contribution in [3.63, 3.8) is 0 Å². The predicted octanol–water partition coefficient (Wildman–Crippen LogP) is 2.92. The zero-order valence-electron chi connectivity index (χ0n) is 10.0. The Balaban J connectivity index is 0.00000120. The van der Waals surface area contributed by atoms with Crippen LogP contribution in [-0.2, 0) is 0 Å². The van der Waals surface area contributed by atoms with Gasteiger partial charge in [-0.05, 0) is 43.4 Å². The molecule has 18 heavy (non-hydrogen) atoms. The first-order valence-corrected chi connectivity index (χ1v) is 6.57. The normalized spacial score (nSPS) is 16.1. The molecule has 2 N–H and O–H groups in total. The molecular formula is C12H15ClN4S. The lowest BCUT2D eigenvalue weighted by molar-refractivity contribution is 0.807. The third-order valence-electron chi connectivity index (χ3n) is 2.87. The molecule has 6 heteroatoms. The van der Waals surface area contributed by atoms with E-state index in [4.69, 9.17) is 5.73 Å². The van der Waals surface area contributed by atoms with Crippen LogP contribution >= 0.6 is 23.9 Å². The van der Waals surface area contributed by atoms with Gasteiger partial charge < -0.3 is 5.73 Å². The largest absolute Gasteiger partial charge is 0.322 e. The second-order valence-electron chi connectivity index (χ2n) is 4.49. The molecule has 0 saturated heterocycles. The number of hydrogen-bond acceptors (Lipinski definition) is 5. The van der Waals surface area contributed by atoms with E-state index < -0.39 is 0 Å². The summed E-state index contributed by atoms with van der Waals surface area (Å²) in [4.78, 5) is 8.85. The van der Waals surface area contributed by atoms with Gasteiger partial charge in [-0.1, -0.05) is 0 Å². The van der Waals surface area contributed by atoms with Crippen LogP contribution in [0, 0.1) is 0 Å². The molecule has 0 radical (unpaired) electrons. The van der Waals surface area contributed by atoms with Crippen molar-refractivity contribution < 1.29 is 0 Å². The minimum absolute atomic E-state index is 0. The van der Waals surface area contributed by atoms with E-state index in [1.54, 1.807) is 0 Å². The second kappa shape index (κ2) is 5.30. The van der Waals surface area contributed by atoms with E-state index in [-0.39, 0.29) is 18.4 Å². The van der Waals surface area contributed by atoms with Crippen molar-refractivity contribution in [3.05, 3.63) is 29.0 Å². The van der Waals surface area contributed by atoms with E-state index in [9.17, 15) is 0 Å². The maximum Gasteiger partial charge on any atom is 0.173 e.